The fourth-order valence-corrected chi connectivity index (χ4v) is 7.03. The molecule has 0 radical (unpaired) electrons. The second-order valence-electron chi connectivity index (χ2n) is 8.04. The van der Waals surface area contributed by atoms with Gasteiger partial charge in [-0.25, -0.2) is 28.4 Å². The molecule has 10 nitrogen and oxygen atoms in total. The first kappa shape index (κ1) is 47.0. The van der Waals surface area contributed by atoms with Crippen LogP contribution < -0.4 is 0 Å². The van der Waals surface area contributed by atoms with Crippen LogP contribution in [0.15, 0.2) is 67.2 Å². The van der Waals surface area contributed by atoms with Gasteiger partial charge in [0, 0.05) is 43.5 Å². The number of alkyl halides is 1. The lowest BCUT2D eigenvalue weighted by Crippen LogP contribution is -2.14. The van der Waals surface area contributed by atoms with Crippen LogP contribution in [0, 0.1) is 22.9 Å². The van der Waals surface area contributed by atoms with Crippen LogP contribution in [0.3, 0.4) is 0 Å². The molecule has 3 unspecified atom stereocenters. The number of pyridine rings is 2. The summed E-state index contributed by atoms with van der Waals surface area (Å²) in [5.41, 5.74) is 6.75. The third kappa shape index (κ3) is 17.8. The van der Waals surface area contributed by atoms with Crippen LogP contribution in [-0.2, 0) is 37.5 Å². The molecule has 18 heteroatoms. The van der Waals surface area contributed by atoms with E-state index in [-0.39, 0.29) is 41.9 Å². The van der Waals surface area contributed by atoms with E-state index in [9.17, 15) is 8.42 Å². The van der Waals surface area contributed by atoms with Crippen LogP contribution in [0.5, 0.6) is 0 Å². The van der Waals surface area contributed by atoms with Crippen molar-refractivity contribution in [2.75, 3.05) is 12.5 Å². The maximum atomic E-state index is 12.6. The second kappa shape index (κ2) is 23.9. The van der Waals surface area contributed by atoms with E-state index in [1.54, 1.807) is 65.2 Å². The standard InChI is InChI=1S/C12H11ClN4OS2.C8H8ClN3OS.C4H4ClNS.3CH4.ClH.H2/c1-20(18,17-7-14)11(4-10-6-19-8-16-10)9-2-3-12(13)15-5-9;1-14(13,12-6-10)5-7-2-3-8(9)11-4-7;5-1-4-2-7-3-6-4;;;;;/h2-3,5-6,8,11H,4H2,1H3;2-4H,5H2,1H3;2-3H,1H2;3*1H4;2*1H/i;;;;;;;1+1. The van der Waals surface area contributed by atoms with Gasteiger partial charge in [0.1, 0.15) is 10.3 Å². The number of nitrogens with zero attached hydrogens (tertiary/aromatic N) is 8. The summed E-state index contributed by atoms with van der Waals surface area (Å²) >= 11 is 19.8. The fourth-order valence-electron chi connectivity index (χ4n) is 3.00. The van der Waals surface area contributed by atoms with Crippen molar-refractivity contribution in [2.24, 2.45) is 8.73 Å². The molecule has 0 aliphatic heterocycles. The highest BCUT2D eigenvalue weighted by molar-refractivity contribution is 7.93. The van der Waals surface area contributed by atoms with Gasteiger partial charge in [-0.2, -0.15) is 10.5 Å². The number of nitriles is 2. The minimum atomic E-state index is -2.72. The van der Waals surface area contributed by atoms with Crippen molar-refractivity contribution in [1.82, 2.24) is 19.9 Å². The van der Waals surface area contributed by atoms with Gasteiger partial charge in [-0.1, -0.05) is 57.6 Å². The van der Waals surface area contributed by atoms with E-state index in [0.717, 1.165) is 22.5 Å². The summed E-state index contributed by atoms with van der Waals surface area (Å²) in [4.78, 5) is 16.0. The summed E-state index contributed by atoms with van der Waals surface area (Å²) in [5.74, 6) is 0.744. The Kier molecular flexibility index (Phi) is 24.9. The first-order valence-electron chi connectivity index (χ1n) is 11.2. The topological polar surface area (TPSA) is 158 Å². The molecule has 250 valence electrons. The Morgan fingerprint density at radius 3 is 1.80 bits per heavy atom. The molecule has 0 spiro atoms. The minimum absolute atomic E-state index is 0. The number of rotatable bonds is 7. The highest BCUT2D eigenvalue weighted by Gasteiger charge is 2.23. The lowest BCUT2D eigenvalue weighted by molar-refractivity contribution is 0.666. The highest BCUT2D eigenvalue weighted by atomic mass is 35.5. The predicted molar refractivity (Wildman–Crippen MR) is 196 cm³/mol. The average molecular weight is 778 g/mol. The summed E-state index contributed by atoms with van der Waals surface area (Å²) in [6, 6.07) is 6.71. The Morgan fingerprint density at radius 2 is 1.40 bits per heavy atom. The third-order valence-corrected chi connectivity index (χ3v) is 10.1. The van der Waals surface area contributed by atoms with Crippen LogP contribution in [0.25, 0.3) is 0 Å². The largest absolute Gasteiger partial charge is 0.250 e. The second-order valence-corrected chi connectivity index (χ2v) is 15.4. The maximum absolute atomic E-state index is 12.6. The molecule has 0 fully saturated rings. The molecule has 0 aliphatic rings. The molecule has 0 aromatic carbocycles. The molecule has 4 rings (SSSR count). The van der Waals surface area contributed by atoms with E-state index in [2.05, 4.69) is 28.7 Å². The van der Waals surface area contributed by atoms with E-state index in [1.165, 1.54) is 30.0 Å². The number of hydrogen-bond donors (Lipinski definition) is 0. The zero-order valence-electron chi connectivity index (χ0n) is 22.0. The van der Waals surface area contributed by atoms with Crippen molar-refractivity contribution in [1.29, 1.82) is 10.5 Å². The van der Waals surface area contributed by atoms with Crippen molar-refractivity contribution in [2.45, 2.75) is 45.6 Å². The Hall–Kier alpha value is -2.40. The van der Waals surface area contributed by atoms with Gasteiger partial charge in [0.25, 0.3) is 0 Å². The van der Waals surface area contributed by atoms with E-state index in [1.807, 2.05) is 10.8 Å². The fraction of sp³-hybridized carbons (Fsp3) is 0.333. The molecule has 0 bridgehead atoms. The molecule has 4 aromatic heterocycles. The molecule has 4 heterocycles. The van der Waals surface area contributed by atoms with Crippen LogP contribution in [0.1, 0.15) is 51.5 Å². The summed E-state index contributed by atoms with van der Waals surface area (Å²) in [5, 5.41) is 21.1. The lowest BCUT2D eigenvalue weighted by atomic mass is 10.1. The van der Waals surface area contributed by atoms with Crippen molar-refractivity contribution in [3.8, 4) is 12.4 Å². The maximum Gasteiger partial charge on any atom is 0.214 e. The first-order chi connectivity index (χ1) is 19.5. The minimum Gasteiger partial charge on any atom is -0.250 e. The number of hydrogen-bond acceptors (Lipinski definition) is 12. The van der Waals surface area contributed by atoms with Crippen LogP contribution in [0.4, 0.5) is 0 Å². The predicted octanol–water partition coefficient (Wildman–Crippen LogP) is 9.33. The van der Waals surface area contributed by atoms with Gasteiger partial charge in [0.05, 0.1) is 58.7 Å². The molecule has 0 N–H and O–H groups in total. The average Bonchev–Trinajstić information content (AvgIpc) is 3.64. The molecule has 45 heavy (non-hydrogen) atoms. The quantitative estimate of drug-likeness (QED) is 0.102. The van der Waals surface area contributed by atoms with E-state index < -0.39 is 24.7 Å². The van der Waals surface area contributed by atoms with E-state index in [4.69, 9.17) is 45.3 Å². The van der Waals surface area contributed by atoms with Crippen molar-refractivity contribution < 1.29 is 9.84 Å². The summed E-state index contributed by atoms with van der Waals surface area (Å²) in [6.07, 6.45) is 9.62. The molecular formula is C27H38Cl4N8O2S4. The van der Waals surface area contributed by atoms with Crippen LogP contribution in [0.2, 0.25) is 10.3 Å². The summed E-state index contributed by atoms with van der Waals surface area (Å²) < 4.78 is 31.1. The smallest absolute Gasteiger partial charge is 0.214 e. The molecule has 3 atom stereocenters. The van der Waals surface area contributed by atoms with Crippen molar-refractivity contribution in [3.63, 3.8) is 0 Å². The van der Waals surface area contributed by atoms with Gasteiger partial charge >= 0.3 is 0 Å². The molecular weight excluding hydrogens is 738 g/mol. The zero-order chi connectivity index (χ0) is 30.3. The lowest BCUT2D eigenvalue weighted by Gasteiger charge is -2.17. The van der Waals surface area contributed by atoms with Gasteiger partial charge in [0.15, 0.2) is 0 Å². The van der Waals surface area contributed by atoms with Gasteiger partial charge < -0.3 is 0 Å². The van der Waals surface area contributed by atoms with Gasteiger partial charge in [-0.15, -0.1) is 55.4 Å². The third-order valence-electron chi connectivity index (χ3n) is 4.83. The van der Waals surface area contributed by atoms with Gasteiger partial charge in [0.2, 0.25) is 12.4 Å². The SMILES string of the molecule is C.C.C.CS(=O)(=NC#N)C(Cc1cscn1)c1ccc(Cl)nc1.CS(=O)(Cc1ccc(Cl)nc1)=NC#N.Cl.ClCc1cscn1.[2HH]. The Labute approximate surface area is 298 Å². The molecule has 0 amide bonds. The number of thiazole rings is 2. The van der Waals surface area contributed by atoms with Crippen molar-refractivity contribution >= 4 is 89.3 Å². The molecule has 4 aromatic rings. The Bertz CT molecular complexity index is 1700. The Morgan fingerprint density at radius 1 is 0.867 bits per heavy atom. The normalized spacial score (nSPS) is 12.5. The van der Waals surface area contributed by atoms with Crippen LogP contribution >= 0.6 is 69.9 Å². The van der Waals surface area contributed by atoms with Crippen LogP contribution in [-0.4, -0.2) is 40.9 Å². The van der Waals surface area contributed by atoms with E-state index >= 15 is 0 Å². The Balaban J connectivity index is -0.000000299. The number of aromatic nitrogens is 4. The molecule has 0 aliphatic carbocycles. The van der Waals surface area contributed by atoms with Crippen molar-refractivity contribution in [3.05, 3.63) is 91.3 Å². The molecule has 0 saturated heterocycles. The summed E-state index contributed by atoms with van der Waals surface area (Å²) in [6.45, 7) is 0. The number of halogens is 4. The zero-order valence-corrected chi connectivity index (χ0v) is 28.4. The summed E-state index contributed by atoms with van der Waals surface area (Å²) in [7, 11) is -5.19. The van der Waals surface area contributed by atoms with Gasteiger partial charge in [-0.05, 0) is 23.3 Å². The first-order valence-corrected chi connectivity index (χ1v) is 18.4. The highest BCUT2D eigenvalue weighted by Crippen LogP contribution is 2.28. The van der Waals surface area contributed by atoms with E-state index in [0.29, 0.717) is 22.6 Å². The monoisotopic (exact) mass is 775 g/mol. The van der Waals surface area contributed by atoms with Gasteiger partial charge in [-0.3, -0.25) is 0 Å². The molecule has 0 saturated carbocycles.